The number of urea groups is 1. The Bertz CT molecular complexity index is 1760. The first-order valence-electron chi connectivity index (χ1n) is 12.9. The molecule has 6 rings (SSSR count). The van der Waals surface area contributed by atoms with Gasteiger partial charge in [0.1, 0.15) is 17.9 Å². The Labute approximate surface area is 241 Å². The number of nitrogens with zero attached hydrogens (tertiary/aromatic N) is 2. The van der Waals surface area contributed by atoms with E-state index in [1.54, 1.807) is 66.7 Å². The van der Waals surface area contributed by atoms with Gasteiger partial charge in [0.15, 0.2) is 0 Å². The van der Waals surface area contributed by atoms with Crippen LogP contribution in [0, 0.1) is 0 Å². The molecule has 0 bridgehead atoms. The molecular weight excluding hydrogens is 536 g/mol. The summed E-state index contributed by atoms with van der Waals surface area (Å²) in [5, 5.41) is 2.29. The number of imide groups is 2. The zero-order valence-electron chi connectivity index (χ0n) is 21.7. The monoisotopic (exact) mass is 558 g/mol. The average molecular weight is 559 g/mol. The Morgan fingerprint density at radius 2 is 1.27 bits per heavy atom. The molecule has 0 saturated carbocycles. The van der Waals surface area contributed by atoms with Gasteiger partial charge in [0, 0.05) is 10.6 Å². The number of carbonyl (C=O) groups is 3. The van der Waals surface area contributed by atoms with E-state index in [0.29, 0.717) is 27.7 Å². The molecule has 41 heavy (non-hydrogen) atoms. The molecule has 0 atom stereocenters. The molecule has 7 heteroatoms. The fourth-order valence-corrected chi connectivity index (χ4v) is 5.03. The molecular formula is C34H23ClN2O4. The van der Waals surface area contributed by atoms with E-state index < -0.39 is 17.8 Å². The van der Waals surface area contributed by atoms with Gasteiger partial charge < -0.3 is 4.74 Å². The Hall–Kier alpha value is -5.20. The van der Waals surface area contributed by atoms with Crippen LogP contribution in [0.2, 0.25) is 5.02 Å². The predicted octanol–water partition coefficient (Wildman–Crippen LogP) is 7.66. The van der Waals surface area contributed by atoms with Crippen LogP contribution < -0.4 is 14.5 Å². The summed E-state index contributed by atoms with van der Waals surface area (Å²) in [6, 6.07) is 35.1. The Morgan fingerprint density at radius 3 is 1.90 bits per heavy atom. The van der Waals surface area contributed by atoms with Crippen molar-refractivity contribution < 1.29 is 19.1 Å². The van der Waals surface area contributed by atoms with Crippen LogP contribution in [0.15, 0.2) is 127 Å². The number of rotatable bonds is 6. The van der Waals surface area contributed by atoms with Gasteiger partial charge in [-0.3, -0.25) is 9.59 Å². The molecule has 5 aromatic carbocycles. The first kappa shape index (κ1) is 26.0. The van der Waals surface area contributed by atoms with Gasteiger partial charge in [-0.05, 0) is 64.9 Å². The lowest BCUT2D eigenvalue weighted by atomic mass is 9.99. The van der Waals surface area contributed by atoms with Gasteiger partial charge in [-0.1, -0.05) is 90.5 Å². The Morgan fingerprint density at radius 1 is 0.659 bits per heavy atom. The lowest BCUT2D eigenvalue weighted by Crippen LogP contribution is -2.57. The van der Waals surface area contributed by atoms with E-state index in [9.17, 15) is 14.4 Å². The second-order valence-electron chi connectivity index (χ2n) is 9.41. The van der Waals surface area contributed by atoms with Gasteiger partial charge in [0.25, 0.3) is 11.8 Å². The first-order chi connectivity index (χ1) is 20.0. The number of anilines is 2. The number of hydrogen-bond acceptors (Lipinski definition) is 4. The maximum Gasteiger partial charge on any atom is 0.343 e. The molecule has 1 aliphatic rings. The molecule has 200 valence electrons. The fourth-order valence-electron chi connectivity index (χ4n) is 4.82. The molecule has 1 heterocycles. The van der Waals surface area contributed by atoms with Crippen LogP contribution in [0.4, 0.5) is 16.2 Å². The Kier molecular flexibility index (Phi) is 7.06. The topological polar surface area (TPSA) is 66.9 Å². The minimum absolute atomic E-state index is 0.165. The van der Waals surface area contributed by atoms with Crippen molar-refractivity contribution in [3.63, 3.8) is 0 Å². The minimum Gasteiger partial charge on any atom is -0.488 e. The third kappa shape index (κ3) is 5.09. The van der Waals surface area contributed by atoms with Crippen molar-refractivity contribution in [2.24, 2.45) is 0 Å². The number of fused-ring (bicyclic) bond motifs is 1. The summed E-state index contributed by atoms with van der Waals surface area (Å²) in [5.41, 5.74) is 1.97. The summed E-state index contributed by atoms with van der Waals surface area (Å²) in [6.07, 6.45) is 1.53. The minimum atomic E-state index is -0.745. The van der Waals surface area contributed by atoms with E-state index in [1.165, 1.54) is 6.08 Å². The van der Waals surface area contributed by atoms with Crippen molar-refractivity contribution in [2.75, 3.05) is 9.80 Å². The van der Waals surface area contributed by atoms with Crippen LogP contribution in [-0.2, 0) is 16.2 Å². The van der Waals surface area contributed by atoms with Crippen molar-refractivity contribution in [2.45, 2.75) is 6.61 Å². The molecule has 6 nitrogen and oxygen atoms in total. The molecule has 0 spiro atoms. The zero-order valence-corrected chi connectivity index (χ0v) is 22.5. The highest BCUT2D eigenvalue weighted by molar-refractivity contribution is 6.46. The molecule has 0 radical (unpaired) electrons. The number of ether oxygens (including phenoxy) is 1. The average Bonchev–Trinajstić information content (AvgIpc) is 3.00. The van der Waals surface area contributed by atoms with Crippen LogP contribution >= 0.6 is 11.6 Å². The molecule has 1 saturated heterocycles. The van der Waals surface area contributed by atoms with Gasteiger partial charge in [-0.15, -0.1) is 0 Å². The molecule has 0 N–H and O–H groups in total. The van der Waals surface area contributed by atoms with Crippen LogP contribution in [0.25, 0.3) is 16.8 Å². The van der Waals surface area contributed by atoms with Gasteiger partial charge in [0.2, 0.25) is 0 Å². The largest absolute Gasteiger partial charge is 0.488 e. The van der Waals surface area contributed by atoms with Gasteiger partial charge in [-0.25, -0.2) is 14.6 Å². The van der Waals surface area contributed by atoms with Crippen molar-refractivity contribution in [1.82, 2.24) is 0 Å². The number of halogens is 1. The number of carbonyl (C=O) groups excluding carboxylic acids is 3. The molecule has 4 amide bonds. The summed E-state index contributed by atoms with van der Waals surface area (Å²) in [5.74, 6) is -0.953. The highest BCUT2D eigenvalue weighted by Gasteiger charge is 2.43. The molecule has 0 aliphatic carbocycles. The fraction of sp³-hybridized carbons (Fsp3) is 0.0294. The molecule has 0 aromatic heterocycles. The van der Waals surface area contributed by atoms with Crippen molar-refractivity contribution >= 4 is 57.7 Å². The molecule has 1 aliphatic heterocycles. The van der Waals surface area contributed by atoms with E-state index in [2.05, 4.69) is 0 Å². The summed E-state index contributed by atoms with van der Waals surface area (Å²) < 4.78 is 6.22. The van der Waals surface area contributed by atoms with Gasteiger partial charge >= 0.3 is 6.03 Å². The number of barbiturate groups is 1. The second-order valence-corrected chi connectivity index (χ2v) is 9.85. The quantitative estimate of drug-likeness (QED) is 0.158. The normalized spacial score (nSPS) is 13.6. The van der Waals surface area contributed by atoms with Crippen LogP contribution in [0.1, 0.15) is 11.1 Å². The highest BCUT2D eigenvalue weighted by Crippen LogP contribution is 2.34. The van der Waals surface area contributed by atoms with Crippen LogP contribution in [0.5, 0.6) is 5.75 Å². The van der Waals surface area contributed by atoms with Crippen LogP contribution in [-0.4, -0.2) is 17.8 Å². The van der Waals surface area contributed by atoms with Gasteiger partial charge in [0.05, 0.1) is 11.4 Å². The number of para-hydroxylation sites is 2. The van der Waals surface area contributed by atoms with E-state index in [-0.39, 0.29) is 12.2 Å². The molecule has 1 fully saturated rings. The number of hydrogen-bond donors (Lipinski definition) is 0. The maximum atomic E-state index is 13.9. The summed E-state index contributed by atoms with van der Waals surface area (Å²) in [7, 11) is 0. The zero-order chi connectivity index (χ0) is 28.3. The van der Waals surface area contributed by atoms with E-state index >= 15 is 0 Å². The van der Waals surface area contributed by atoms with Crippen molar-refractivity contribution in [3.8, 4) is 5.75 Å². The maximum absolute atomic E-state index is 13.9. The third-order valence-corrected chi connectivity index (χ3v) is 7.02. The number of benzene rings is 5. The Balaban J connectivity index is 1.50. The van der Waals surface area contributed by atoms with Gasteiger partial charge in [-0.2, -0.15) is 0 Å². The van der Waals surface area contributed by atoms with E-state index in [4.69, 9.17) is 16.3 Å². The lowest BCUT2D eigenvalue weighted by Gasteiger charge is -2.34. The van der Waals surface area contributed by atoms with E-state index in [1.807, 2.05) is 54.6 Å². The summed E-state index contributed by atoms with van der Waals surface area (Å²) >= 11 is 6.16. The second kappa shape index (κ2) is 11.1. The summed E-state index contributed by atoms with van der Waals surface area (Å²) in [4.78, 5) is 43.6. The van der Waals surface area contributed by atoms with Crippen molar-refractivity contribution in [3.05, 3.63) is 143 Å². The SMILES string of the molecule is O=C1C(=Cc2c(OCc3cccc(Cl)c3)ccc3ccccc23)C(=O)N(c2ccccc2)C(=O)N1c1ccccc1. The lowest BCUT2D eigenvalue weighted by molar-refractivity contribution is -0.121. The molecule has 0 unspecified atom stereocenters. The standard InChI is InChI=1S/C34H23ClN2O4/c35-25-12-9-10-23(20-25)22-41-31-19-18-24-11-7-8-17-28(24)29(31)21-30-32(38)36(26-13-3-1-4-14-26)34(40)37(33(30)39)27-15-5-2-6-16-27/h1-21H,22H2. The summed E-state index contributed by atoms with van der Waals surface area (Å²) in [6.45, 7) is 0.224. The number of amides is 4. The highest BCUT2D eigenvalue weighted by atomic mass is 35.5. The molecule has 5 aromatic rings. The van der Waals surface area contributed by atoms with Crippen LogP contribution in [0.3, 0.4) is 0 Å². The van der Waals surface area contributed by atoms with E-state index in [0.717, 1.165) is 26.1 Å². The smallest absolute Gasteiger partial charge is 0.343 e. The third-order valence-electron chi connectivity index (χ3n) is 6.78. The van der Waals surface area contributed by atoms with Crippen molar-refractivity contribution in [1.29, 1.82) is 0 Å². The predicted molar refractivity (Wildman–Crippen MR) is 161 cm³/mol. The first-order valence-corrected chi connectivity index (χ1v) is 13.3.